The summed E-state index contributed by atoms with van der Waals surface area (Å²) in [6, 6.07) is 2.10. The first-order valence-electron chi connectivity index (χ1n) is 6.59. The number of nitrogens with one attached hydrogen (secondary N) is 2. The van der Waals surface area contributed by atoms with Crippen molar-refractivity contribution in [3.05, 3.63) is 33.9 Å². The third-order valence-corrected chi connectivity index (χ3v) is 3.94. The summed E-state index contributed by atoms with van der Waals surface area (Å²) in [5.74, 6) is 0. The highest BCUT2D eigenvalue weighted by molar-refractivity contribution is 7.99. The van der Waals surface area contributed by atoms with Gasteiger partial charge < -0.3 is 5.32 Å². The first kappa shape index (κ1) is 14.8. The molecule has 2 heterocycles. The Labute approximate surface area is 122 Å². The normalized spacial score (nSPS) is 10.9. The molecule has 0 amide bonds. The Morgan fingerprint density at radius 2 is 2.30 bits per heavy atom. The number of rotatable bonds is 6. The number of hydrogen-bond acceptors (Lipinski definition) is 5. The van der Waals surface area contributed by atoms with Gasteiger partial charge in [-0.25, -0.2) is 14.9 Å². The highest BCUT2D eigenvalue weighted by Gasteiger charge is 2.12. The van der Waals surface area contributed by atoms with Crippen LogP contribution in [0.3, 0.4) is 0 Å². The molecule has 2 aromatic heterocycles. The molecule has 0 saturated carbocycles. The first-order valence-corrected chi connectivity index (χ1v) is 7.40. The van der Waals surface area contributed by atoms with Crippen LogP contribution < -0.4 is 11.0 Å². The lowest BCUT2D eigenvalue weighted by Gasteiger charge is -2.07. The van der Waals surface area contributed by atoms with E-state index < -0.39 is 0 Å². The zero-order valence-electron chi connectivity index (χ0n) is 11.9. The predicted octanol–water partition coefficient (Wildman–Crippen LogP) is 1.56. The fourth-order valence-electron chi connectivity index (χ4n) is 1.92. The molecule has 0 saturated heterocycles. The maximum Gasteiger partial charge on any atom is 0.343 e. The van der Waals surface area contributed by atoms with Gasteiger partial charge in [0.25, 0.3) is 0 Å². The first-order chi connectivity index (χ1) is 9.65. The van der Waals surface area contributed by atoms with Crippen molar-refractivity contribution in [3.8, 4) is 0 Å². The molecule has 20 heavy (non-hydrogen) atoms. The molecule has 0 atom stereocenters. The summed E-state index contributed by atoms with van der Waals surface area (Å²) in [4.78, 5) is 16.1. The third kappa shape index (κ3) is 3.29. The summed E-state index contributed by atoms with van der Waals surface area (Å²) in [6.45, 7) is 5.50. The summed E-state index contributed by atoms with van der Waals surface area (Å²) >= 11 is 1.42. The molecule has 0 bridgehead atoms. The molecular weight excluding hydrogens is 274 g/mol. The quantitative estimate of drug-likeness (QED) is 0.845. The number of aromatic nitrogens is 4. The molecule has 2 N–H and O–H groups in total. The molecule has 0 aliphatic rings. The van der Waals surface area contributed by atoms with Crippen LogP contribution in [0.4, 0.5) is 0 Å². The molecule has 0 aromatic carbocycles. The van der Waals surface area contributed by atoms with E-state index in [0.717, 1.165) is 29.1 Å². The van der Waals surface area contributed by atoms with Crippen molar-refractivity contribution in [2.45, 2.75) is 43.5 Å². The maximum atomic E-state index is 11.6. The molecular formula is C13H19N5OS. The maximum absolute atomic E-state index is 11.6. The van der Waals surface area contributed by atoms with Crippen molar-refractivity contribution in [2.24, 2.45) is 0 Å². The second-order valence-corrected chi connectivity index (χ2v) is 5.52. The van der Waals surface area contributed by atoms with Crippen molar-refractivity contribution < 1.29 is 0 Å². The monoisotopic (exact) mass is 293 g/mol. The number of aryl methyl sites for hydroxylation is 1. The lowest BCUT2D eigenvalue weighted by molar-refractivity contribution is 0.603. The largest absolute Gasteiger partial charge is 0.343 e. The summed E-state index contributed by atoms with van der Waals surface area (Å²) in [6.07, 6.45) is 2.74. The fraction of sp³-hybridized carbons (Fsp3) is 0.462. The van der Waals surface area contributed by atoms with Crippen molar-refractivity contribution in [3.63, 3.8) is 0 Å². The van der Waals surface area contributed by atoms with Crippen LogP contribution in [-0.2, 0) is 13.1 Å². The number of H-pyrrole nitrogens is 1. The van der Waals surface area contributed by atoms with Gasteiger partial charge in [-0.3, -0.25) is 4.57 Å². The molecule has 2 aromatic rings. The fourth-order valence-corrected chi connectivity index (χ4v) is 2.79. The molecule has 7 heteroatoms. The van der Waals surface area contributed by atoms with E-state index in [2.05, 4.69) is 26.6 Å². The van der Waals surface area contributed by atoms with Gasteiger partial charge in [0.1, 0.15) is 5.03 Å². The Morgan fingerprint density at radius 1 is 1.50 bits per heavy atom. The van der Waals surface area contributed by atoms with Gasteiger partial charge in [-0.1, -0.05) is 13.0 Å². The molecule has 0 aliphatic heterocycles. The Morgan fingerprint density at radius 3 is 2.95 bits per heavy atom. The molecule has 0 fully saturated rings. The zero-order chi connectivity index (χ0) is 14.5. The Balaban J connectivity index is 2.24. The van der Waals surface area contributed by atoms with E-state index in [1.54, 1.807) is 4.57 Å². The number of pyridine rings is 1. The summed E-state index contributed by atoms with van der Waals surface area (Å²) in [7, 11) is 1.91. The molecule has 108 valence electrons. The lowest BCUT2D eigenvalue weighted by Crippen LogP contribution is -2.17. The zero-order valence-corrected chi connectivity index (χ0v) is 12.8. The summed E-state index contributed by atoms with van der Waals surface area (Å²) in [5.41, 5.74) is 2.06. The van der Waals surface area contributed by atoms with Gasteiger partial charge >= 0.3 is 5.69 Å². The average Bonchev–Trinajstić information content (AvgIpc) is 2.75. The smallest absolute Gasteiger partial charge is 0.316 e. The van der Waals surface area contributed by atoms with Crippen LogP contribution in [0.5, 0.6) is 0 Å². The van der Waals surface area contributed by atoms with Crippen LogP contribution in [-0.4, -0.2) is 26.8 Å². The molecule has 0 unspecified atom stereocenters. The SMILES string of the molecule is CCCn1c(Sc2ncc(CNC)cc2C)n[nH]c1=O. The van der Waals surface area contributed by atoms with Gasteiger partial charge in [0.2, 0.25) is 0 Å². The average molecular weight is 293 g/mol. The van der Waals surface area contributed by atoms with E-state index in [1.165, 1.54) is 11.8 Å². The van der Waals surface area contributed by atoms with Gasteiger partial charge in [0.05, 0.1) is 0 Å². The second-order valence-electron chi connectivity index (χ2n) is 4.56. The van der Waals surface area contributed by atoms with E-state index in [-0.39, 0.29) is 5.69 Å². The van der Waals surface area contributed by atoms with E-state index in [4.69, 9.17) is 0 Å². The molecule has 0 aliphatic carbocycles. The van der Waals surface area contributed by atoms with Crippen LogP contribution in [0.25, 0.3) is 0 Å². The molecule has 2 rings (SSSR count). The van der Waals surface area contributed by atoms with E-state index in [9.17, 15) is 4.79 Å². The topological polar surface area (TPSA) is 75.6 Å². The van der Waals surface area contributed by atoms with Gasteiger partial charge in [-0.05, 0) is 43.3 Å². The Hall–Kier alpha value is -1.60. The van der Waals surface area contributed by atoms with E-state index >= 15 is 0 Å². The summed E-state index contributed by atoms with van der Waals surface area (Å²) in [5, 5.41) is 11.2. The highest BCUT2D eigenvalue weighted by atomic mass is 32.2. The number of aromatic amines is 1. The van der Waals surface area contributed by atoms with Crippen LogP contribution in [0.2, 0.25) is 0 Å². The Kier molecular flexibility index (Phi) is 4.97. The van der Waals surface area contributed by atoms with Gasteiger partial charge in [-0.2, -0.15) is 0 Å². The van der Waals surface area contributed by atoms with Gasteiger partial charge in [-0.15, -0.1) is 5.10 Å². The molecule has 0 spiro atoms. The van der Waals surface area contributed by atoms with E-state index in [1.807, 2.05) is 27.1 Å². The molecule has 6 nitrogen and oxygen atoms in total. The standard InChI is InChI=1S/C13H19N5OS/c1-4-5-18-12(19)16-17-13(18)20-11-9(2)6-10(7-14-3)8-15-11/h6,8,14H,4-5,7H2,1-3H3,(H,16,19). The number of nitrogens with zero attached hydrogens (tertiary/aromatic N) is 3. The van der Waals surface area contributed by atoms with Gasteiger partial charge in [0, 0.05) is 19.3 Å². The Bertz CT molecular complexity index is 634. The lowest BCUT2D eigenvalue weighted by atomic mass is 10.2. The molecule has 0 radical (unpaired) electrons. The minimum absolute atomic E-state index is 0.168. The second kappa shape index (κ2) is 6.71. The van der Waals surface area contributed by atoms with Crippen LogP contribution in [0.1, 0.15) is 24.5 Å². The van der Waals surface area contributed by atoms with Crippen molar-refractivity contribution in [2.75, 3.05) is 7.05 Å². The third-order valence-electron chi connectivity index (χ3n) is 2.83. The van der Waals surface area contributed by atoms with Crippen LogP contribution in [0, 0.1) is 6.92 Å². The van der Waals surface area contributed by atoms with Crippen molar-refractivity contribution in [1.82, 2.24) is 25.1 Å². The van der Waals surface area contributed by atoms with Crippen LogP contribution in [0.15, 0.2) is 27.2 Å². The van der Waals surface area contributed by atoms with Crippen LogP contribution >= 0.6 is 11.8 Å². The number of hydrogen-bond donors (Lipinski definition) is 2. The summed E-state index contributed by atoms with van der Waals surface area (Å²) < 4.78 is 1.65. The minimum atomic E-state index is -0.168. The van der Waals surface area contributed by atoms with Crippen molar-refractivity contribution >= 4 is 11.8 Å². The van der Waals surface area contributed by atoms with E-state index in [0.29, 0.717) is 11.7 Å². The van der Waals surface area contributed by atoms with Gasteiger partial charge in [0.15, 0.2) is 5.16 Å². The van der Waals surface area contributed by atoms with Crippen molar-refractivity contribution in [1.29, 1.82) is 0 Å². The minimum Gasteiger partial charge on any atom is -0.316 e. The highest BCUT2D eigenvalue weighted by Crippen LogP contribution is 2.26. The predicted molar refractivity (Wildman–Crippen MR) is 79.0 cm³/mol.